The van der Waals surface area contributed by atoms with E-state index in [2.05, 4.69) is 24.3 Å². The molecule has 0 bridgehead atoms. The molecular formula is C11H13NOS. The number of rotatable bonds is 2. The Kier molecular flexibility index (Phi) is 3.09. The van der Waals surface area contributed by atoms with Gasteiger partial charge in [-0.3, -0.25) is 4.79 Å². The van der Waals surface area contributed by atoms with E-state index in [0.29, 0.717) is 5.25 Å². The maximum atomic E-state index is 10.7. The molecule has 1 fully saturated rings. The summed E-state index contributed by atoms with van der Waals surface area (Å²) in [5.41, 5.74) is 1.32. The van der Waals surface area contributed by atoms with E-state index in [1.54, 1.807) is 0 Å². The zero-order chi connectivity index (χ0) is 9.80. The monoisotopic (exact) mass is 207 g/mol. The first-order chi connectivity index (χ1) is 6.90. The van der Waals surface area contributed by atoms with Gasteiger partial charge in [0.1, 0.15) is 0 Å². The fraction of sp³-hybridized carbons (Fsp3) is 0.364. The number of amides is 1. The lowest BCUT2D eigenvalue weighted by Gasteiger charge is -2.29. The highest BCUT2D eigenvalue weighted by molar-refractivity contribution is 7.99. The van der Waals surface area contributed by atoms with Gasteiger partial charge in [-0.25, -0.2) is 0 Å². The van der Waals surface area contributed by atoms with E-state index < -0.39 is 0 Å². The standard InChI is InChI=1S/C11H13NOS/c13-9-12-6-7-14-11(8-12)10-4-2-1-3-5-10/h1-5,9,11H,6-8H2. The van der Waals surface area contributed by atoms with E-state index in [1.807, 2.05) is 22.7 Å². The predicted octanol–water partition coefficient (Wildman–Crippen LogP) is 1.93. The Morgan fingerprint density at radius 1 is 1.36 bits per heavy atom. The number of hydrogen-bond donors (Lipinski definition) is 0. The molecule has 1 unspecified atom stereocenters. The van der Waals surface area contributed by atoms with E-state index in [4.69, 9.17) is 0 Å². The summed E-state index contributed by atoms with van der Waals surface area (Å²) in [6.45, 7) is 1.73. The van der Waals surface area contributed by atoms with Crippen LogP contribution in [0.15, 0.2) is 30.3 Å². The van der Waals surface area contributed by atoms with Crippen LogP contribution in [0, 0.1) is 0 Å². The maximum absolute atomic E-state index is 10.7. The van der Waals surface area contributed by atoms with Gasteiger partial charge in [0.2, 0.25) is 6.41 Å². The van der Waals surface area contributed by atoms with E-state index >= 15 is 0 Å². The van der Waals surface area contributed by atoms with E-state index in [-0.39, 0.29) is 0 Å². The molecule has 14 heavy (non-hydrogen) atoms. The molecule has 1 amide bonds. The van der Waals surface area contributed by atoms with Crippen molar-refractivity contribution in [3.05, 3.63) is 35.9 Å². The lowest BCUT2D eigenvalue weighted by atomic mass is 10.1. The number of hydrogen-bond acceptors (Lipinski definition) is 2. The van der Waals surface area contributed by atoms with Crippen LogP contribution in [0.2, 0.25) is 0 Å². The van der Waals surface area contributed by atoms with Crippen LogP contribution in [0.25, 0.3) is 0 Å². The molecule has 1 heterocycles. The van der Waals surface area contributed by atoms with Crippen LogP contribution in [0.5, 0.6) is 0 Å². The Balaban J connectivity index is 2.08. The molecule has 2 nitrogen and oxygen atoms in total. The van der Waals surface area contributed by atoms with Crippen molar-refractivity contribution in [2.24, 2.45) is 0 Å². The summed E-state index contributed by atoms with van der Waals surface area (Å²) >= 11 is 1.93. The third kappa shape index (κ3) is 2.10. The van der Waals surface area contributed by atoms with Gasteiger partial charge >= 0.3 is 0 Å². The molecule has 0 spiro atoms. The van der Waals surface area contributed by atoms with Gasteiger partial charge in [-0.05, 0) is 5.56 Å². The topological polar surface area (TPSA) is 20.3 Å². The average molecular weight is 207 g/mol. The lowest BCUT2D eigenvalue weighted by Crippen LogP contribution is -2.33. The predicted molar refractivity (Wildman–Crippen MR) is 59.3 cm³/mol. The van der Waals surface area contributed by atoms with Crippen LogP contribution in [0.3, 0.4) is 0 Å². The Morgan fingerprint density at radius 3 is 2.86 bits per heavy atom. The number of benzene rings is 1. The van der Waals surface area contributed by atoms with Crippen molar-refractivity contribution in [1.29, 1.82) is 0 Å². The molecule has 0 N–H and O–H groups in total. The molecule has 1 aliphatic rings. The van der Waals surface area contributed by atoms with Gasteiger partial charge in [-0.1, -0.05) is 30.3 Å². The van der Waals surface area contributed by atoms with E-state index in [0.717, 1.165) is 25.3 Å². The molecule has 1 aromatic carbocycles. The largest absolute Gasteiger partial charge is 0.343 e. The smallest absolute Gasteiger partial charge is 0.209 e. The molecule has 0 radical (unpaired) electrons. The summed E-state index contributed by atoms with van der Waals surface area (Å²) in [5, 5.41) is 0.454. The van der Waals surface area contributed by atoms with Crippen LogP contribution < -0.4 is 0 Å². The molecule has 1 saturated heterocycles. The number of nitrogens with zero attached hydrogens (tertiary/aromatic N) is 1. The highest BCUT2D eigenvalue weighted by atomic mass is 32.2. The van der Waals surface area contributed by atoms with Crippen molar-refractivity contribution in [3.63, 3.8) is 0 Å². The maximum Gasteiger partial charge on any atom is 0.209 e. The van der Waals surface area contributed by atoms with Crippen LogP contribution in [0.1, 0.15) is 10.8 Å². The van der Waals surface area contributed by atoms with Gasteiger partial charge < -0.3 is 4.90 Å². The Labute approximate surface area is 88.3 Å². The van der Waals surface area contributed by atoms with Gasteiger partial charge in [0, 0.05) is 24.1 Å². The third-order valence-corrected chi connectivity index (χ3v) is 3.66. The second-order valence-electron chi connectivity index (χ2n) is 3.37. The molecule has 2 rings (SSSR count). The first-order valence-corrected chi connectivity index (χ1v) is 5.81. The Hall–Kier alpha value is -0.960. The Morgan fingerprint density at radius 2 is 2.14 bits per heavy atom. The van der Waals surface area contributed by atoms with Gasteiger partial charge in [-0.2, -0.15) is 11.8 Å². The van der Waals surface area contributed by atoms with Crippen molar-refractivity contribution in [2.45, 2.75) is 5.25 Å². The average Bonchev–Trinajstić information content (AvgIpc) is 2.30. The van der Waals surface area contributed by atoms with Crippen molar-refractivity contribution >= 4 is 18.2 Å². The summed E-state index contributed by atoms with van der Waals surface area (Å²) in [5.74, 6) is 1.04. The fourth-order valence-electron chi connectivity index (χ4n) is 1.63. The van der Waals surface area contributed by atoms with E-state index in [1.165, 1.54) is 5.56 Å². The summed E-state index contributed by atoms with van der Waals surface area (Å²) in [7, 11) is 0. The summed E-state index contributed by atoms with van der Waals surface area (Å²) in [4.78, 5) is 12.5. The second-order valence-corrected chi connectivity index (χ2v) is 4.68. The molecule has 0 saturated carbocycles. The van der Waals surface area contributed by atoms with Gasteiger partial charge in [0.25, 0.3) is 0 Å². The van der Waals surface area contributed by atoms with Gasteiger partial charge in [0.05, 0.1) is 0 Å². The van der Waals surface area contributed by atoms with Crippen LogP contribution in [-0.4, -0.2) is 30.2 Å². The Bertz CT molecular complexity index is 301. The molecule has 0 aliphatic carbocycles. The van der Waals surface area contributed by atoms with E-state index in [9.17, 15) is 4.79 Å². The molecule has 0 aromatic heterocycles. The van der Waals surface area contributed by atoms with Crippen molar-refractivity contribution in [2.75, 3.05) is 18.8 Å². The molecule has 1 aliphatic heterocycles. The summed E-state index contributed by atoms with van der Waals surface area (Å²) in [6, 6.07) is 10.4. The minimum absolute atomic E-state index is 0.454. The summed E-state index contributed by atoms with van der Waals surface area (Å²) < 4.78 is 0. The fourth-order valence-corrected chi connectivity index (χ4v) is 2.91. The summed E-state index contributed by atoms with van der Waals surface area (Å²) in [6.07, 6.45) is 0.954. The van der Waals surface area contributed by atoms with Gasteiger partial charge in [-0.15, -0.1) is 0 Å². The quantitative estimate of drug-likeness (QED) is 0.691. The number of carbonyl (C=O) groups is 1. The highest BCUT2D eigenvalue weighted by Crippen LogP contribution is 2.32. The van der Waals surface area contributed by atoms with Crippen LogP contribution in [-0.2, 0) is 4.79 Å². The van der Waals surface area contributed by atoms with Crippen LogP contribution in [0.4, 0.5) is 0 Å². The van der Waals surface area contributed by atoms with Crippen molar-refractivity contribution < 1.29 is 4.79 Å². The highest BCUT2D eigenvalue weighted by Gasteiger charge is 2.20. The molecular weight excluding hydrogens is 194 g/mol. The minimum Gasteiger partial charge on any atom is -0.343 e. The first kappa shape index (κ1) is 9.59. The van der Waals surface area contributed by atoms with Crippen LogP contribution >= 0.6 is 11.8 Å². The number of thioether (sulfide) groups is 1. The number of carbonyl (C=O) groups excluding carboxylic acids is 1. The van der Waals surface area contributed by atoms with Crippen molar-refractivity contribution in [3.8, 4) is 0 Å². The molecule has 74 valence electrons. The lowest BCUT2D eigenvalue weighted by molar-refractivity contribution is -0.118. The SMILES string of the molecule is O=CN1CCSC(c2ccccc2)C1. The zero-order valence-corrected chi connectivity index (χ0v) is 8.74. The normalized spacial score (nSPS) is 22.0. The van der Waals surface area contributed by atoms with Crippen molar-refractivity contribution in [1.82, 2.24) is 4.90 Å². The van der Waals surface area contributed by atoms with Gasteiger partial charge in [0.15, 0.2) is 0 Å². The molecule has 1 atom stereocenters. The molecule has 1 aromatic rings. The minimum atomic E-state index is 0.454. The molecule has 3 heteroatoms. The third-order valence-electron chi connectivity index (χ3n) is 2.42. The zero-order valence-electron chi connectivity index (χ0n) is 7.93. The first-order valence-electron chi connectivity index (χ1n) is 4.76. The second kappa shape index (κ2) is 4.51.